The van der Waals surface area contributed by atoms with Crippen LogP contribution < -0.4 is 15.2 Å². The molecule has 0 fully saturated rings. The van der Waals surface area contributed by atoms with Gasteiger partial charge >= 0.3 is 0 Å². The minimum atomic E-state index is 0.389. The van der Waals surface area contributed by atoms with E-state index >= 15 is 0 Å². The van der Waals surface area contributed by atoms with Crippen LogP contribution in [0.1, 0.15) is 5.69 Å². The average Bonchev–Trinajstić information content (AvgIpc) is 2.79. The lowest BCUT2D eigenvalue weighted by Crippen LogP contribution is -1.97. The van der Waals surface area contributed by atoms with Gasteiger partial charge in [0.25, 0.3) is 0 Å². The Morgan fingerprint density at radius 1 is 1.33 bits per heavy atom. The zero-order valence-electron chi connectivity index (χ0n) is 10.2. The number of nitrogens with two attached hydrogens (primary N) is 1. The molecule has 2 aromatic rings. The quantitative estimate of drug-likeness (QED) is 0.908. The van der Waals surface area contributed by atoms with Gasteiger partial charge in [0.15, 0.2) is 0 Å². The Balaban J connectivity index is 2.53. The first-order chi connectivity index (χ1) is 8.69. The highest BCUT2D eigenvalue weighted by atomic mass is 79.9. The molecule has 5 nitrogen and oxygen atoms in total. The fourth-order valence-electron chi connectivity index (χ4n) is 1.65. The number of rotatable bonds is 4. The van der Waals surface area contributed by atoms with E-state index in [-0.39, 0.29) is 0 Å². The normalized spacial score (nSPS) is 10.4. The second-order valence-corrected chi connectivity index (χ2v) is 4.38. The predicted molar refractivity (Wildman–Crippen MR) is 72.7 cm³/mol. The van der Waals surface area contributed by atoms with E-state index in [0.717, 1.165) is 22.8 Å². The highest BCUT2D eigenvalue weighted by Gasteiger charge is 2.13. The molecule has 0 aliphatic carbocycles. The van der Waals surface area contributed by atoms with Crippen molar-refractivity contribution in [3.8, 4) is 22.9 Å². The lowest BCUT2D eigenvalue weighted by atomic mass is 10.2. The number of nitrogens with one attached hydrogen (secondary N) is 1. The van der Waals surface area contributed by atoms with Crippen LogP contribution in [-0.2, 0) is 6.54 Å². The summed E-state index contributed by atoms with van der Waals surface area (Å²) >= 11 is 3.36. The molecule has 18 heavy (non-hydrogen) atoms. The van der Waals surface area contributed by atoms with E-state index in [4.69, 9.17) is 15.2 Å². The Morgan fingerprint density at radius 3 is 2.67 bits per heavy atom. The largest absolute Gasteiger partial charge is 0.497 e. The van der Waals surface area contributed by atoms with Crippen LogP contribution in [0.15, 0.2) is 22.8 Å². The maximum Gasteiger partial charge on any atom is 0.142 e. The molecule has 0 aliphatic rings. The fourth-order valence-corrected chi connectivity index (χ4v) is 2.09. The molecule has 0 radical (unpaired) electrons. The first-order valence-corrected chi connectivity index (χ1v) is 6.15. The molecule has 0 unspecified atom stereocenters. The number of ether oxygens (including phenoxy) is 2. The third kappa shape index (κ3) is 2.34. The molecular weight excluding hydrogens is 298 g/mol. The zero-order valence-corrected chi connectivity index (χ0v) is 11.7. The summed E-state index contributed by atoms with van der Waals surface area (Å²) in [4.78, 5) is 7.54. The second-order valence-electron chi connectivity index (χ2n) is 3.63. The van der Waals surface area contributed by atoms with E-state index in [0.29, 0.717) is 17.0 Å². The monoisotopic (exact) mass is 311 g/mol. The summed E-state index contributed by atoms with van der Waals surface area (Å²) in [5.41, 5.74) is 7.28. The third-order valence-electron chi connectivity index (χ3n) is 2.59. The van der Waals surface area contributed by atoms with Gasteiger partial charge in [0.1, 0.15) is 21.9 Å². The lowest BCUT2D eigenvalue weighted by molar-refractivity contribution is 0.404. The Morgan fingerprint density at radius 2 is 2.11 bits per heavy atom. The first-order valence-electron chi connectivity index (χ1n) is 5.36. The molecule has 3 N–H and O–H groups in total. The van der Waals surface area contributed by atoms with Crippen molar-refractivity contribution in [1.29, 1.82) is 0 Å². The van der Waals surface area contributed by atoms with Gasteiger partial charge in [-0.25, -0.2) is 4.98 Å². The Labute approximate surface area is 113 Å². The molecule has 0 amide bonds. The van der Waals surface area contributed by atoms with Crippen molar-refractivity contribution in [2.45, 2.75) is 6.54 Å². The van der Waals surface area contributed by atoms with Crippen molar-refractivity contribution in [3.05, 3.63) is 28.5 Å². The molecule has 0 bridgehead atoms. The highest BCUT2D eigenvalue weighted by molar-refractivity contribution is 9.10. The van der Waals surface area contributed by atoms with Gasteiger partial charge in [-0.1, -0.05) is 0 Å². The van der Waals surface area contributed by atoms with Crippen LogP contribution in [0.5, 0.6) is 11.5 Å². The SMILES string of the molecule is COc1ccc(OC)c(-c2nc(Br)c(CN)[nH]2)c1. The average molecular weight is 312 g/mol. The van der Waals surface area contributed by atoms with Crippen molar-refractivity contribution in [2.24, 2.45) is 5.73 Å². The number of H-pyrrole nitrogens is 1. The van der Waals surface area contributed by atoms with E-state index < -0.39 is 0 Å². The third-order valence-corrected chi connectivity index (χ3v) is 3.25. The smallest absolute Gasteiger partial charge is 0.142 e. The molecule has 0 saturated heterocycles. The maximum absolute atomic E-state index is 5.61. The van der Waals surface area contributed by atoms with Gasteiger partial charge in [0.2, 0.25) is 0 Å². The van der Waals surface area contributed by atoms with Gasteiger partial charge in [-0.15, -0.1) is 0 Å². The summed E-state index contributed by atoms with van der Waals surface area (Å²) in [7, 11) is 3.24. The van der Waals surface area contributed by atoms with Crippen LogP contribution in [0.4, 0.5) is 0 Å². The van der Waals surface area contributed by atoms with Crippen LogP contribution >= 0.6 is 15.9 Å². The number of aromatic nitrogens is 2. The molecule has 6 heteroatoms. The van der Waals surface area contributed by atoms with Gasteiger partial charge in [-0.2, -0.15) is 0 Å². The van der Waals surface area contributed by atoms with Crippen molar-refractivity contribution < 1.29 is 9.47 Å². The van der Waals surface area contributed by atoms with E-state index in [9.17, 15) is 0 Å². The van der Waals surface area contributed by atoms with Gasteiger partial charge in [0, 0.05) is 6.54 Å². The minimum Gasteiger partial charge on any atom is -0.497 e. The summed E-state index contributed by atoms with van der Waals surface area (Å²) in [6.07, 6.45) is 0. The second kappa shape index (κ2) is 5.41. The highest BCUT2D eigenvalue weighted by Crippen LogP contribution is 2.32. The number of methoxy groups -OCH3 is 2. The molecule has 1 aromatic heterocycles. The molecule has 0 atom stereocenters. The van der Waals surface area contributed by atoms with Crippen molar-refractivity contribution >= 4 is 15.9 Å². The lowest BCUT2D eigenvalue weighted by Gasteiger charge is -2.08. The van der Waals surface area contributed by atoms with E-state index in [1.54, 1.807) is 14.2 Å². The molecule has 0 saturated carbocycles. The van der Waals surface area contributed by atoms with Gasteiger partial charge in [0.05, 0.1) is 25.5 Å². The van der Waals surface area contributed by atoms with Crippen LogP contribution in [0.2, 0.25) is 0 Å². The maximum atomic E-state index is 5.61. The molecule has 1 heterocycles. The number of halogens is 1. The van der Waals surface area contributed by atoms with Crippen molar-refractivity contribution in [1.82, 2.24) is 9.97 Å². The van der Waals surface area contributed by atoms with Gasteiger partial charge < -0.3 is 20.2 Å². The summed E-state index contributed by atoms with van der Waals surface area (Å²) in [6.45, 7) is 0.389. The molecule has 0 aliphatic heterocycles. The van der Waals surface area contributed by atoms with Crippen LogP contribution in [0.3, 0.4) is 0 Å². The Kier molecular flexibility index (Phi) is 3.88. The van der Waals surface area contributed by atoms with Crippen LogP contribution in [0, 0.1) is 0 Å². The molecule has 96 valence electrons. The standard InChI is InChI=1S/C12H14BrN3O2/c1-17-7-3-4-10(18-2)8(5-7)12-15-9(6-14)11(13)16-12/h3-5H,6,14H2,1-2H3,(H,15,16). The van der Waals surface area contributed by atoms with Crippen molar-refractivity contribution in [3.63, 3.8) is 0 Å². The number of hydrogen-bond acceptors (Lipinski definition) is 4. The van der Waals surface area contributed by atoms with E-state index in [1.165, 1.54) is 0 Å². The number of hydrogen-bond donors (Lipinski definition) is 2. The van der Waals surface area contributed by atoms with Crippen LogP contribution in [-0.4, -0.2) is 24.2 Å². The number of imidazole rings is 1. The van der Waals surface area contributed by atoms with Gasteiger partial charge in [-0.05, 0) is 34.1 Å². The number of nitrogens with zero attached hydrogens (tertiary/aromatic N) is 1. The Hall–Kier alpha value is -1.53. The first kappa shape index (κ1) is 12.9. The summed E-state index contributed by atoms with van der Waals surface area (Å²) in [6, 6.07) is 5.54. The topological polar surface area (TPSA) is 73.2 Å². The molecule has 0 spiro atoms. The molecule has 2 rings (SSSR count). The van der Waals surface area contributed by atoms with Crippen molar-refractivity contribution in [2.75, 3.05) is 14.2 Å². The predicted octanol–water partition coefficient (Wildman–Crippen LogP) is 2.32. The van der Waals surface area contributed by atoms with Crippen LogP contribution in [0.25, 0.3) is 11.4 Å². The zero-order chi connectivity index (χ0) is 13.1. The van der Waals surface area contributed by atoms with Gasteiger partial charge in [-0.3, -0.25) is 0 Å². The fraction of sp³-hybridized carbons (Fsp3) is 0.250. The Bertz CT molecular complexity index is 554. The molecule has 1 aromatic carbocycles. The molecular formula is C12H14BrN3O2. The van der Waals surface area contributed by atoms with E-state index in [1.807, 2.05) is 18.2 Å². The minimum absolute atomic E-state index is 0.389. The van der Waals surface area contributed by atoms with E-state index in [2.05, 4.69) is 25.9 Å². The number of aromatic amines is 1. The summed E-state index contributed by atoms with van der Waals surface area (Å²) in [5, 5.41) is 0. The summed E-state index contributed by atoms with van der Waals surface area (Å²) in [5.74, 6) is 2.16. The number of benzene rings is 1. The summed E-state index contributed by atoms with van der Waals surface area (Å²) < 4.78 is 11.2.